The van der Waals surface area contributed by atoms with E-state index in [1.165, 1.54) is 55.0 Å². The number of aliphatic imine (C=N–C) groups is 1. The number of nitrogens with one attached hydrogen (secondary N) is 2. The number of H-pyrrole nitrogens is 1. The van der Waals surface area contributed by atoms with E-state index in [1.807, 2.05) is 24.4 Å². The average Bonchev–Trinajstić information content (AvgIpc) is 3.45. The smallest absolute Gasteiger partial charge is 0.152 e. The number of halogens is 1. The summed E-state index contributed by atoms with van der Waals surface area (Å²) in [6.07, 6.45) is 9.29. The lowest BCUT2D eigenvalue weighted by atomic mass is 9.97. The summed E-state index contributed by atoms with van der Waals surface area (Å²) in [5.74, 6) is 10.1. The number of benzene rings is 2. The molecular weight excluding hydrogens is 435 g/mol. The van der Waals surface area contributed by atoms with Gasteiger partial charge in [-0.05, 0) is 85.3 Å². The van der Waals surface area contributed by atoms with E-state index in [0.717, 1.165) is 47.1 Å². The van der Waals surface area contributed by atoms with Gasteiger partial charge in [0, 0.05) is 47.5 Å². The van der Waals surface area contributed by atoms with Gasteiger partial charge < -0.3 is 10.3 Å². The van der Waals surface area contributed by atoms with Crippen LogP contribution in [0, 0.1) is 35.4 Å². The van der Waals surface area contributed by atoms with Crippen LogP contribution in [0.3, 0.4) is 0 Å². The molecule has 6 atom stereocenters. The monoisotopic (exact) mass is 462 g/mol. The van der Waals surface area contributed by atoms with E-state index in [-0.39, 0.29) is 5.82 Å². The molecule has 3 aromatic rings. The summed E-state index contributed by atoms with van der Waals surface area (Å²) < 4.78 is 14.8. The molecule has 2 N–H and O–H groups in total. The first-order chi connectivity index (χ1) is 17.2. The number of nitrogens with zero attached hydrogens (tertiary/aromatic N) is 2. The predicted octanol–water partition coefficient (Wildman–Crippen LogP) is 5.55. The van der Waals surface area contributed by atoms with Crippen molar-refractivity contribution in [3.63, 3.8) is 0 Å². The molecule has 1 unspecified atom stereocenters. The second-order valence-electron chi connectivity index (χ2n) is 11.2. The molecule has 3 saturated carbocycles. The van der Waals surface area contributed by atoms with E-state index in [2.05, 4.69) is 39.3 Å². The van der Waals surface area contributed by atoms with Gasteiger partial charge in [-0.2, -0.15) is 0 Å². The molecule has 5 aliphatic rings. The van der Waals surface area contributed by atoms with Gasteiger partial charge in [-0.15, -0.1) is 0 Å². The number of hydrogen-bond acceptors (Lipinski definition) is 3. The minimum atomic E-state index is -0.300. The highest BCUT2D eigenvalue weighted by molar-refractivity contribution is 6.01. The van der Waals surface area contributed by atoms with Crippen molar-refractivity contribution in [1.29, 1.82) is 0 Å². The standard InChI is InChI=1S/C30H27FN4/c31-24-7-17(8-28-29(24)35-30(34-28)22-10-19-9-20(19)11-22)2-1-16-3-5-18(6-4-16)23-14-26(32-15-23)27-13-21-12-25(21)33-27/h3-8,15,19-22,25,27,33H,9-14H2,(H,34,35)/t19-,20+,21-,22?,25-,27+/m1/s1. The number of hydrogen-bond donors (Lipinski definition) is 2. The summed E-state index contributed by atoms with van der Waals surface area (Å²) >= 11 is 0. The lowest BCUT2D eigenvalue weighted by molar-refractivity contribution is 0.595. The Morgan fingerprint density at radius 3 is 2.51 bits per heavy atom. The summed E-state index contributed by atoms with van der Waals surface area (Å²) in [5.41, 5.74) is 6.51. The number of piperidine rings is 1. The third-order valence-electron chi connectivity index (χ3n) is 8.83. The molecule has 1 aromatic heterocycles. The predicted molar refractivity (Wildman–Crippen MR) is 136 cm³/mol. The SMILES string of the molecule is Fc1cc(C#Cc2ccc(C3=CN=C([C@@H]4C[C@H]5C[C@H]5N4)C3)cc2)cc2[nH]c(C3C[C@@H]4C[C@@H]4C3)nc12. The molecule has 8 rings (SSSR count). The molecule has 3 heterocycles. The molecule has 0 radical (unpaired) electrons. The van der Waals surface area contributed by atoms with Gasteiger partial charge in [-0.3, -0.25) is 4.99 Å². The number of rotatable bonds is 3. The molecule has 2 aliphatic heterocycles. The van der Waals surface area contributed by atoms with Crippen LogP contribution in [0.2, 0.25) is 0 Å². The Morgan fingerprint density at radius 2 is 1.71 bits per heavy atom. The molecule has 2 aromatic carbocycles. The quantitative estimate of drug-likeness (QED) is 0.502. The molecule has 0 bridgehead atoms. The molecule has 174 valence electrons. The Balaban J connectivity index is 0.970. The first-order valence-electron chi connectivity index (χ1n) is 13.0. The maximum atomic E-state index is 14.8. The molecule has 4 fully saturated rings. The van der Waals surface area contributed by atoms with E-state index in [9.17, 15) is 4.39 Å². The van der Waals surface area contributed by atoms with E-state index >= 15 is 0 Å². The third-order valence-corrected chi connectivity index (χ3v) is 8.83. The van der Waals surface area contributed by atoms with Crippen LogP contribution >= 0.6 is 0 Å². The second kappa shape index (κ2) is 7.38. The normalized spacial score (nSPS) is 32.0. The van der Waals surface area contributed by atoms with Crippen molar-refractivity contribution in [2.45, 2.75) is 56.5 Å². The molecule has 4 nitrogen and oxygen atoms in total. The number of allylic oxidation sites excluding steroid dienone is 1. The van der Waals surface area contributed by atoms with Gasteiger partial charge in [0.25, 0.3) is 0 Å². The van der Waals surface area contributed by atoms with E-state index in [4.69, 9.17) is 4.99 Å². The molecule has 0 amide bonds. The van der Waals surface area contributed by atoms with Crippen LogP contribution in [0.4, 0.5) is 4.39 Å². The Bertz CT molecular complexity index is 1460. The highest BCUT2D eigenvalue weighted by atomic mass is 19.1. The lowest BCUT2D eigenvalue weighted by Crippen LogP contribution is -2.33. The van der Waals surface area contributed by atoms with Crippen LogP contribution in [-0.2, 0) is 0 Å². The average molecular weight is 463 g/mol. The summed E-state index contributed by atoms with van der Waals surface area (Å²) in [5, 5.41) is 3.70. The molecule has 1 saturated heterocycles. The summed E-state index contributed by atoms with van der Waals surface area (Å²) in [6.45, 7) is 0. The van der Waals surface area contributed by atoms with Gasteiger partial charge in [0.05, 0.1) is 5.52 Å². The minimum Gasteiger partial charge on any atom is -0.342 e. The van der Waals surface area contributed by atoms with Crippen LogP contribution < -0.4 is 5.32 Å². The zero-order chi connectivity index (χ0) is 23.1. The maximum absolute atomic E-state index is 14.8. The fraction of sp³-hybridized carbons (Fsp3) is 0.400. The van der Waals surface area contributed by atoms with E-state index in [0.29, 0.717) is 23.0 Å². The van der Waals surface area contributed by atoms with Gasteiger partial charge >= 0.3 is 0 Å². The van der Waals surface area contributed by atoms with Crippen molar-refractivity contribution in [2.24, 2.45) is 22.7 Å². The summed E-state index contributed by atoms with van der Waals surface area (Å²) in [6, 6.07) is 12.9. The third kappa shape index (κ3) is 3.54. The number of fused-ring (bicyclic) bond motifs is 3. The van der Waals surface area contributed by atoms with Crippen molar-refractivity contribution >= 4 is 22.3 Å². The number of imidazole rings is 1. The van der Waals surface area contributed by atoms with Crippen molar-refractivity contribution in [1.82, 2.24) is 15.3 Å². The Labute approximate surface area is 204 Å². The van der Waals surface area contributed by atoms with Crippen LogP contribution in [0.15, 0.2) is 47.6 Å². The van der Waals surface area contributed by atoms with Gasteiger partial charge in [0.2, 0.25) is 0 Å². The van der Waals surface area contributed by atoms with Crippen LogP contribution in [0.25, 0.3) is 16.6 Å². The Kier molecular flexibility index (Phi) is 4.22. The molecule has 3 aliphatic carbocycles. The van der Waals surface area contributed by atoms with Gasteiger partial charge in [0.15, 0.2) is 5.82 Å². The highest BCUT2D eigenvalue weighted by Gasteiger charge is 2.48. The maximum Gasteiger partial charge on any atom is 0.152 e. The fourth-order valence-electron chi connectivity index (χ4n) is 6.62. The first-order valence-corrected chi connectivity index (χ1v) is 13.0. The highest BCUT2D eigenvalue weighted by Crippen LogP contribution is 2.57. The van der Waals surface area contributed by atoms with Crippen LogP contribution in [-0.4, -0.2) is 27.8 Å². The summed E-state index contributed by atoms with van der Waals surface area (Å²) in [4.78, 5) is 12.7. The van der Waals surface area contributed by atoms with E-state index < -0.39 is 0 Å². The van der Waals surface area contributed by atoms with Gasteiger partial charge in [-0.1, -0.05) is 24.0 Å². The van der Waals surface area contributed by atoms with Crippen molar-refractivity contribution in [3.05, 3.63) is 70.9 Å². The zero-order valence-corrected chi connectivity index (χ0v) is 19.5. The fourth-order valence-corrected chi connectivity index (χ4v) is 6.62. The summed E-state index contributed by atoms with van der Waals surface area (Å²) in [7, 11) is 0. The van der Waals surface area contributed by atoms with Crippen molar-refractivity contribution in [2.75, 3.05) is 0 Å². The van der Waals surface area contributed by atoms with E-state index in [1.54, 1.807) is 0 Å². The Morgan fingerprint density at radius 1 is 0.886 bits per heavy atom. The largest absolute Gasteiger partial charge is 0.342 e. The molecular formula is C30H27FN4. The molecule has 5 heteroatoms. The Hall–Kier alpha value is -3.23. The zero-order valence-electron chi connectivity index (χ0n) is 19.5. The first kappa shape index (κ1) is 20.0. The topological polar surface area (TPSA) is 53.1 Å². The van der Waals surface area contributed by atoms with Crippen LogP contribution in [0.1, 0.15) is 67.0 Å². The molecule has 35 heavy (non-hydrogen) atoms. The number of aromatic nitrogens is 2. The number of aromatic amines is 1. The van der Waals surface area contributed by atoms with Crippen molar-refractivity contribution < 1.29 is 4.39 Å². The van der Waals surface area contributed by atoms with Crippen molar-refractivity contribution in [3.8, 4) is 11.8 Å². The lowest BCUT2D eigenvalue weighted by Gasteiger charge is -2.13. The van der Waals surface area contributed by atoms with Gasteiger partial charge in [0.1, 0.15) is 11.3 Å². The second-order valence-corrected chi connectivity index (χ2v) is 11.2. The minimum absolute atomic E-state index is 0.300. The molecule has 0 spiro atoms. The van der Waals surface area contributed by atoms with Gasteiger partial charge in [-0.25, -0.2) is 9.37 Å². The van der Waals surface area contributed by atoms with Crippen LogP contribution in [0.5, 0.6) is 0 Å².